The van der Waals surface area contributed by atoms with Crippen molar-refractivity contribution in [3.05, 3.63) is 54.3 Å². The van der Waals surface area contributed by atoms with Gasteiger partial charge >= 0.3 is 0 Å². The largest absolute Gasteiger partial charge is 0.497 e. The molecule has 0 atom stereocenters. The van der Waals surface area contributed by atoms with Crippen molar-refractivity contribution in [1.82, 2.24) is 4.98 Å². The minimum atomic E-state index is -0.0300. The first-order chi connectivity index (χ1) is 12.2. The maximum atomic E-state index is 12.7. The van der Waals surface area contributed by atoms with Crippen molar-refractivity contribution in [3.63, 3.8) is 0 Å². The molecule has 5 nitrogen and oxygen atoms in total. The van der Waals surface area contributed by atoms with Crippen LogP contribution in [0.4, 0.5) is 5.13 Å². The number of hydrogen-bond acceptors (Lipinski definition) is 5. The Morgan fingerprint density at radius 3 is 2.92 bits per heavy atom. The molecular weight excluding hydrogens is 336 g/mol. The Hall–Kier alpha value is -2.86. The first-order valence-corrected chi connectivity index (χ1v) is 8.63. The first-order valence-electron chi connectivity index (χ1n) is 7.82. The van der Waals surface area contributed by atoms with Gasteiger partial charge in [-0.2, -0.15) is 0 Å². The Bertz CT molecular complexity index is 1030. The quantitative estimate of drug-likeness (QED) is 0.551. The van der Waals surface area contributed by atoms with Crippen LogP contribution in [0.5, 0.6) is 5.75 Å². The summed E-state index contributed by atoms with van der Waals surface area (Å²) in [5.41, 5.74) is 2.48. The van der Waals surface area contributed by atoms with Gasteiger partial charge in [-0.15, -0.1) is 0 Å². The normalized spacial score (nSPS) is 11.1. The van der Waals surface area contributed by atoms with Gasteiger partial charge < -0.3 is 9.15 Å². The van der Waals surface area contributed by atoms with Gasteiger partial charge in [0.1, 0.15) is 11.3 Å². The second kappa shape index (κ2) is 6.22. The van der Waals surface area contributed by atoms with Crippen LogP contribution in [0.1, 0.15) is 5.56 Å². The fourth-order valence-electron chi connectivity index (χ4n) is 2.72. The molecule has 0 N–H and O–H groups in total. The highest BCUT2D eigenvalue weighted by Crippen LogP contribution is 2.29. The van der Waals surface area contributed by atoms with Gasteiger partial charge in [0.15, 0.2) is 5.13 Å². The fourth-order valence-corrected chi connectivity index (χ4v) is 3.66. The molecule has 0 radical (unpaired) electrons. The zero-order valence-corrected chi connectivity index (χ0v) is 14.7. The second-order valence-electron chi connectivity index (χ2n) is 5.72. The topological polar surface area (TPSA) is 55.6 Å². The molecule has 0 aliphatic rings. The summed E-state index contributed by atoms with van der Waals surface area (Å²) in [5.74, 6) is 0.698. The van der Waals surface area contributed by atoms with Gasteiger partial charge in [-0.1, -0.05) is 23.5 Å². The van der Waals surface area contributed by atoms with Gasteiger partial charge in [-0.05, 0) is 24.3 Å². The highest BCUT2D eigenvalue weighted by molar-refractivity contribution is 7.22. The summed E-state index contributed by atoms with van der Waals surface area (Å²) in [6, 6.07) is 13.5. The third kappa shape index (κ3) is 2.85. The summed E-state index contributed by atoms with van der Waals surface area (Å²) in [7, 11) is 3.37. The maximum Gasteiger partial charge on any atom is 0.233 e. The van der Waals surface area contributed by atoms with Gasteiger partial charge in [0.2, 0.25) is 5.91 Å². The summed E-state index contributed by atoms with van der Waals surface area (Å²) in [5, 5.41) is 1.62. The van der Waals surface area contributed by atoms with Crippen molar-refractivity contribution < 1.29 is 13.9 Å². The molecular formula is C19H16N2O3S. The Morgan fingerprint density at radius 2 is 2.12 bits per heavy atom. The van der Waals surface area contributed by atoms with Crippen LogP contribution in [-0.4, -0.2) is 25.0 Å². The van der Waals surface area contributed by atoms with E-state index in [-0.39, 0.29) is 12.3 Å². The molecule has 2 heterocycles. The number of benzene rings is 2. The third-order valence-electron chi connectivity index (χ3n) is 4.15. The van der Waals surface area contributed by atoms with E-state index in [1.165, 1.54) is 11.3 Å². The Labute approximate surface area is 148 Å². The molecule has 0 aliphatic carbocycles. The Balaban J connectivity index is 1.58. The van der Waals surface area contributed by atoms with Gasteiger partial charge in [0.25, 0.3) is 0 Å². The number of thiazole rings is 1. The average molecular weight is 352 g/mol. The predicted molar refractivity (Wildman–Crippen MR) is 99.5 cm³/mol. The van der Waals surface area contributed by atoms with E-state index in [1.807, 2.05) is 42.5 Å². The van der Waals surface area contributed by atoms with Gasteiger partial charge in [0.05, 0.1) is 30.0 Å². The molecule has 6 heteroatoms. The third-order valence-corrected chi connectivity index (χ3v) is 5.26. The number of para-hydroxylation sites is 1. The van der Waals surface area contributed by atoms with Crippen LogP contribution >= 0.6 is 11.3 Å². The van der Waals surface area contributed by atoms with E-state index in [4.69, 9.17) is 9.15 Å². The minimum Gasteiger partial charge on any atom is -0.497 e. The van der Waals surface area contributed by atoms with Gasteiger partial charge in [-0.25, -0.2) is 4.98 Å². The lowest BCUT2D eigenvalue weighted by Crippen LogP contribution is -2.27. The number of amides is 1. The summed E-state index contributed by atoms with van der Waals surface area (Å²) >= 11 is 1.51. The molecule has 0 fully saturated rings. The summed E-state index contributed by atoms with van der Waals surface area (Å²) in [6.45, 7) is 0. The molecule has 2 aromatic carbocycles. The second-order valence-corrected chi connectivity index (χ2v) is 6.73. The van der Waals surface area contributed by atoms with E-state index < -0.39 is 0 Å². The average Bonchev–Trinajstić information content (AvgIpc) is 3.24. The Kier molecular flexibility index (Phi) is 3.89. The number of rotatable bonds is 4. The van der Waals surface area contributed by atoms with Crippen molar-refractivity contribution in [2.45, 2.75) is 6.42 Å². The molecule has 0 bridgehead atoms. The van der Waals surface area contributed by atoms with E-state index in [0.29, 0.717) is 10.7 Å². The van der Waals surface area contributed by atoms with Crippen LogP contribution in [0, 0.1) is 0 Å². The maximum absolute atomic E-state index is 12.7. The van der Waals surface area contributed by atoms with Crippen LogP contribution < -0.4 is 9.64 Å². The SMILES string of the molecule is COc1ccc2c(CC(=O)N(C)c3nc4ccccc4s3)coc2c1. The molecule has 126 valence electrons. The molecule has 0 aliphatic heterocycles. The van der Waals surface area contributed by atoms with Crippen LogP contribution in [0.2, 0.25) is 0 Å². The van der Waals surface area contributed by atoms with E-state index >= 15 is 0 Å². The lowest BCUT2D eigenvalue weighted by Gasteiger charge is -2.13. The molecule has 0 saturated heterocycles. The number of aromatic nitrogens is 1. The number of carbonyl (C=O) groups is 1. The van der Waals surface area contributed by atoms with E-state index in [1.54, 1.807) is 25.3 Å². The minimum absolute atomic E-state index is 0.0300. The standard InChI is InChI=1S/C19H16N2O3S/c1-21(19-20-15-5-3-4-6-17(15)25-19)18(22)9-12-11-24-16-10-13(23-2)7-8-14(12)16/h3-8,10-11H,9H2,1-2H3. The lowest BCUT2D eigenvalue weighted by atomic mass is 10.1. The molecule has 25 heavy (non-hydrogen) atoms. The number of likely N-dealkylation sites (N-methyl/N-ethyl adjacent to an activating group) is 1. The molecule has 1 amide bonds. The highest BCUT2D eigenvalue weighted by atomic mass is 32.1. The number of furan rings is 1. The summed E-state index contributed by atoms with van der Waals surface area (Å²) in [4.78, 5) is 18.8. The Morgan fingerprint density at radius 1 is 1.28 bits per heavy atom. The number of hydrogen-bond donors (Lipinski definition) is 0. The molecule has 0 saturated carbocycles. The molecule has 4 aromatic rings. The molecule has 0 unspecified atom stereocenters. The fraction of sp³-hybridized carbons (Fsp3) is 0.158. The smallest absolute Gasteiger partial charge is 0.233 e. The number of fused-ring (bicyclic) bond motifs is 2. The van der Waals surface area contributed by atoms with Crippen molar-refractivity contribution >= 4 is 43.6 Å². The first kappa shape index (κ1) is 15.7. The van der Waals surface area contributed by atoms with Crippen molar-refractivity contribution in [1.29, 1.82) is 0 Å². The van der Waals surface area contributed by atoms with Crippen molar-refractivity contribution in [2.75, 3.05) is 19.1 Å². The zero-order chi connectivity index (χ0) is 17.4. The number of nitrogens with zero attached hydrogens (tertiary/aromatic N) is 2. The van der Waals surface area contributed by atoms with E-state index in [9.17, 15) is 4.79 Å². The monoisotopic (exact) mass is 352 g/mol. The van der Waals surface area contributed by atoms with Crippen LogP contribution in [0.3, 0.4) is 0 Å². The van der Waals surface area contributed by atoms with Crippen molar-refractivity contribution in [2.24, 2.45) is 0 Å². The predicted octanol–water partition coefficient (Wildman–Crippen LogP) is 4.26. The number of methoxy groups -OCH3 is 1. The van der Waals surface area contributed by atoms with Gasteiger partial charge in [-0.3, -0.25) is 9.69 Å². The van der Waals surface area contributed by atoms with Crippen LogP contribution in [0.25, 0.3) is 21.2 Å². The molecule has 2 aromatic heterocycles. The van der Waals surface area contributed by atoms with E-state index in [2.05, 4.69) is 4.98 Å². The van der Waals surface area contributed by atoms with Crippen LogP contribution in [-0.2, 0) is 11.2 Å². The van der Waals surface area contributed by atoms with E-state index in [0.717, 1.165) is 26.9 Å². The summed E-state index contributed by atoms with van der Waals surface area (Å²) in [6.07, 6.45) is 1.89. The lowest BCUT2D eigenvalue weighted by molar-refractivity contribution is -0.117. The number of carbonyl (C=O) groups excluding carboxylic acids is 1. The molecule has 0 spiro atoms. The number of anilines is 1. The molecule has 4 rings (SSSR count). The summed E-state index contributed by atoms with van der Waals surface area (Å²) < 4.78 is 11.8. The zero-order valence-electron chi connectivity index (χ0n) is 13.9. The van der Waals surface area contributed by atoms with Crippen LogP contribution in [0.15, 0.2) is 53.1 Å². The number of ether oxygens (including phenoxy) is 1. The van der Waals surface area contributed by atoms with Gasteiger partial charge in [0, 0.05) is 24.1 Å². The highest BCUT2D eigenvalue weighted by Gasteiger charge is 2.18. The van der Waals surface area contributed by atoms with Crippen molar-refractivity contribution in [3.8, 4) is 5.75 Å².